The number of alkyl halides is 1. The van der Waals surface area contributed by atoms with E-state index in [0.717, 1.165) is 23.1 Å². The quantitative estimate of drug-likeness (QED) is 0.613. The van der Waals surface area contributed by atoms with Gasteiger partial charge in [-0.1, -0.05) is 56.5 Å². The average molecular weight is 221 g/mol. The smallest absolute Gasteiger partial charge is 0.00622 e. The van der Waals surface area contributed by atoms with E-state index in [1.807, 2.05) is 0 Å². The van der Waals surface area contributed by atoms with Crippen LogP contribution in [0.15, 0.2) is 0 Å². The minimum atomic E-state index is 0.865. The van der Waals surface area contributed by atoms with Crippen LogP contribution in [0, 0.1) is 17.8 Å². The molecular weight excluding hydrogens is 200 g/mol. The van der Waals surface area contributed by atoms with E-state index in [2.05, 4.69) is 43.6 Å². The highest BCUT2D eigenvalue weighted by Gasteiger charge is 2.18. The summed E-state index contributed by atoms with van der Waals surface area (Å²) in [6.45, 7) is 9.30. The van der Waals surface area contributed by atoms with Crippen LogP contribution in [0.4, 0.5) is 0 Å². The van der Waals surface area contributed by atoms with Gasteiger partial charge in [-0.3, -0.25) is 0 Å². The van der Waals surface area contributed by atoms with Crippen LogP contribution in [-0.2, 0) is 0 Å². The molecule has 3 unspecified atom stereocenters. The second kappa shape index (κ2) is 6.05. The topological polar surface area (TPSA) is 0 Å². The average Bonchev–Trinajstić information content (AvgIpc) is 2.05. The Morgan fingerprint density at radius 2 is 1.64 bits per heavy atom. The van der Waals surface area contributed by atoms with Crippen molar-refractivity contribution in [2.45, 2.75) is 40.5 Å². The van der Waals surface area contributed by atoms with Crippen molar-refractivity contribution in [2.24, 2.45) is 17.8 Å². The van der Waals surface area contributed by atoms with Crippen molar-refractivity contribution < 1.29 is 0 Å². The fraction of sp³-hybridized carbons (Fsp3) is 1.00. The first-order valence-electron chi connectivity index (χ1n) is 4.73. The number of rotatable bonds is 5. The minimum absolute atomic E-state index is 0.865. The summed E-state index contributed by atoms with van der Waals surface area (Å²) < 4.78 is 0. The minimum Gasteiger partial charge on any atom is -0.0925 e. The van der Waals surface area contributed by atoms with Crippen molar-refractivity contribution >= 4 is 15.9 Å². The Hall–Kier alpha value is 0.480. The molecule has 0 aliphatic carbocycles. The molecule has 0 rings (SSSR count). The molecule has 3 atom stereocenters. The largest absolute Gasteiger partial charge is 0.0925 e. The zero-order valence-electron chi connectivity index (χ0n) is 8.23. The molecule has 0 aliphatic heterocycles. The standard InChI is InChI=1S/C10H21Br/c1-5-8(3)9(4)10(6-2)7-11/h8-10H,5-7H2,1-4H3. The lowest BCUT2D eigenvalue weighted by molar-refractivity contribution is 0.272. The van der Waals surface area contributed by atoms with Gasteiger partial charge in [-0.2, -0.15) is 0 Å². The van der Waals surface area contributed by atoms with Crippen LogP contribution < -0.4 is 0 Å². The Morgan fingerprint density at radius 3 is 1.91 bits per heavy atom. The summed E-state index contributed by atoms with van der Waals surface area (Å²) in [7, 11) is 0. The van der Waals surface area contributed by atoms with Gasteiger partial charge in [0.25, 0.3) is 0 Å². The molecule has 0 aromatic carbocycles. The van der Waals surface area contributed by atoms with Gasteiger partial charge in [-0.15, -0.1) is 0 Å². The van der Waals surface area contributed by atoms with Crippen LogP contribution >= 0.6 is 15.9 Å². The molecule has 0 spiro atoms. The summed E-state index contributed by atoms with van der Waals surface area (Å²) in [6.07, 6.45) is 2.61. The van der Waals surface area contributed by atoms with Crippen molar-refractivity contribution in [2.75, 3.05) is 5.33 Å². The van der Waals surface area contributed by atoms with E-state index in [4.69, 9.17) is 0 Å². The summed E-state index contributed by atoms with van der Waals surface area (Å²) in [4.78, 5) is 0. The first-order chi connectivity index (χ1) is 5.17. The van der Waals surface area contributed by atoms with Crippen LogP contribution in [0.1, 0.15) is 40.5 Å². The van der Waals surface area contributed by atoms with Crippen molar-refractivity contribution in [3.8, 4) is 0 Å². The lowest BCUT2D eigenvalue weighted by Gasteiger charge is -2.25. The molecule has 0 N–H and O–H groups in total. The highest BCUT2D eigenvalue weighted by Crippen LogP contribution is 2.26. The van der Waals surface area contributed by atoms with Crippen molar-refractivity contribution in [3.63, 3.8) is 0 Å². The zero-order chi connectivity index (χ0) is 8.85. The molecule has 0 aromatic rings. The van der Waals surface area contributed by atoms with Crippen molar-refractivity contribution in [1.29, 1.82) is 0 Å². The van der Waals surface area contributed by atoms with Gasteiger partial charge in [0.15, 0.2) is 0 Å². The molecule has 0 aromatic heterocycles. The van der Waals surface area contributed by atoms with E-state index in [-0.39, 0.29) is 0 Å². The predicted molar refractivity (Wildman–Crippen MR) is 56.2 cm³/mol. The van der Waals surface area contributed by atoms with Gasteiger partial charge in [0.05, 0.1) is 0 Å². The Balaban J connectivity index is 3.86. The normalized spacial score (nSPS) is 19.4. The molecule has 68 valence electrons. The Labute approximate surface area is 79.9 Å². The molecule has 0 saturated carbocycles. The molecule has 0 aliphatic rings. The van der Waals surface area contributed by atoms with Gasteiger partial charge in [-0.25, -0.2) is 0 Å². The summed E-state index contributed by atoms with van der Waals surface area (Å²) in [5, 5.41) is 1.16. The number of halogens is 1. The second-order valence-corrected chi connectivity index (χ2v) is 4.21. The van der Waals surface area contributed by atoms with E-state index in [0.29, 0.717) is 0 Å². The van der Waals surface area contributed by atoms with Crippen LogP contribution in [0.3, 0.4) is 0 Å². The fourth-order valence-electron chi connectivity index (χ4n) is 1.46. The van der Waals surface area contributed by atoms with Crippen LogP contribution in [0.2, 0.25) is 0 Å². The highest BCUT2D eigenvalue weighted by molar-refractivity contribution is 9.09. The van der Waals surface area contributed by atoms with Gasteiger partial charge in [0.1, 0.15) is 0 Å². The second-order valence-electron chi connectivity index (χ2n) is 3.57. The molecule has 1 heteroatoms. The molecule has 0 radical (unpaired) electrons. The molecule has 0 nitrogen and oxygen atoms in total. The van der Waals surface area contributed by atoms with E-state index in [1.54, 1.807) is 0 Å². The monoisotopic (exact) mass is 220 g/mol. The molecule has 0 saturated heterocycles. The Kier molecular flexibility index (Phi) is 6.31. The third-order valence-corrected chi connectivity index (χ3v) is 3.84. The van der Waals surface area contributed by atoms with E-state index >= 15 is 0 Å². The summed E-state index contributed by atoms with van der Waals surface area (Å²) in [5.74, 6) is 2.60. The maximum atomic E-state index is 3.57. The Bertz CT molecular complexity index is 86.9. The summed E-state index contributed by atoms with van der Waals surface area (Å²) in [6, 6.07) is 0. The predicted octanol–water partition coefficient (Wildman–Crippen LogP) is 4.09. The summed E-state index contributed by atoms with van der Waals surface area (Å²) in [5.41, 5.74) is 0. The third kappa shape index (κ3) is 3.59. The van der Waals surface area contributed by atoms with Crippen molar-refractivity contribution in [3.05, 3.63) is 0 Å². The molecular formula is C10H21Br. The SMILES string of the molecule is CCC(C)C(C)C(CC)CBr. The maximum absolute atomic E-state index is 3.57. The third-order valence-electron chi connectivity index (χ3n) is 3.01. The molecule has 11 heavy (non-hydrogen) atoms. The number of hydrogen-bond donors (Lipinski definition) is 0. The van der Waals surface area contributed by atoms with Crippen LogP contribution in [0.25, 0.3) is 0 Å². The van der Waals surface area contributed by atoms with Gasteiger partial charge in [0.2, 0.25) is 0 Å². The molecule has 0 heterocycles. The van der Waals surface area contributed by atoms with Crippen LogP contribution in [-0.4, -0.2) is 5.33 Å². The summed E-state index contributed by atoms with van der Waals surface area (Å²) >= 11 is 3.57. The van der Waals surface area contributed by atoms with Gasteiger partial charge >= 0.3 is 0 Å². The van der Waals surface area contributed by atoms with E-state index < -0.39 is 0 Å². The fourth-order valence-corrected chi connectivity index (χ4v) is 2.51. The van der Waals surface area contributed by atoms with Gasteiger partial charge < -0.3 is 0 Å². The number of hydrogen-bond acceptors (Lipinski definition) is 0. The zero-order valence-corrected chi connectivity index (χ0v) is 9.82. The lowest BCUT2D eigenvalue weighted by atomic mass is 9.82. The van der Waals surface area contributed by atoms with Gasteiger partial charge in [0, 0.05) is 5.33 Å². The highest BCUT2D eigenvalue weighted by atomic mass is 79.9. The Morgan fingerprint density at radius 1 is 1.09 bits per heavy atom. The van der Waals surface area contributed by atoms with Crippen LogP contribution in [0.5, 0.6) is 0 Å². The molecule has 0 fully saturated rings. The van der Waals surface area contributed by atoms with Crippen molar-refractivity contribution in [1.82, 2.24) is 0 Å². The first kappa shape index (κ1) is 11.5. The van der Waals surface area contributed by atoms with Gasteiger partial charge in [-0.05, 0) is 17.8 Å². The molecule has 0 amide bonds. The van der Waals surface area contributed by atoms with E-state index in [1.165, 1.54) is 12.8 Å². The van der Waals surface area contributed by atoms with E-state index in [9.17, 15) is 0 Å². The molecule has 0 bridgehead atoms. The maximum Gasteiger partial charge on any atom is 0.00622 e. The first-order valence-corrected chi connectivity index (χ1v) is 5.85. The lowest BCUT2D eigenvalue weighted by Crippen LogP contribution is -2.19.